The van der Waals surface area contributed by atoms with Crippen LogP contribution in [0, 0.1) is 0 Å². The van der Waals surface area contributed by atoms with Gasteiger partial charge in [0, 0.05) is 12.7 Å². The van der Waals surface area contributed by atoms with Gasteiger partial charge in [-0.05, 0) is 30.5 Å². The van der Waals surface area contributed by atoms with Gasteiger partial charge in [-0.2, -0.15) is 0 Å². The van der Waals surface area contributed by atoms with E-state index in [-0.39, 0.29) is 5.78 Å². The molecule has 0 fully saturated rings. The summed E-state index contributed by atoms with van der Waals surface area (Å²) in [4.78, 5) is 11.2. The fourth-order valence-corrected chi connectivity index (χ4v) is 1.47. The van der Waals surface area contributed by atoms with Crippen molar-refractivity contribution in [3.05, 3.63) is 34.9 Å². The van der Waals surface area contributed by atoms with Crippen LogP contribution in [0.15, 0.2) is 18.2 Å². The molecule has 0 saturated heterocycles. The molecule has 0 N–H and O–H groups in total. The van der Waals surface area contributed by atoms with E-state index >= 15 is 0 Å². The third-order valence-electron chi connectivity index (χ3n) is 2.29. The van der Waals surface area contributed by atoms with Gasteiger partial charge in [0.2, 0.25) is 0 Å². The van der Waals surface area contributed by atoms with E-state index in [9.17, 15) is 4.79 Å². The van der Waals surface area contributed by atoms with Gasteiger partial charge in [-0.15, -0.1) is 0 Å². The highest BCUT2D eigenvalue weighted by Gasteiger charge is 2.04. The smallest absolute Gasteiger partial charge is 0.159 e. The van der Waals surface area contributed by atoms with Gasteiger partial charge in [0.05, 0.1) is 6.61 Å². The van der Waals surface area contributed by atoms with E-state index in [0.717, 1.165) is 12.0 Å². The first-order chi connectivity index (χ1) is 6.69. The van der Waals surface area contributed by atoms with E-state index in [1.165, 1.54) is 11.1 Å². The highest BCUT2D eigenvalue weighted by atomic mass is 16.5. The Hall–Kier alpha value is -1.15. The first-order valence-electron chi connectivity index (χ1n) is 4.80. The van der Waals surface area contributed by atoms with Gasteiger partial charge in [-0.1, -0.05) is 19.1 Å². The zero-order chi connectivity index (χ0) is 10.6. The summed E-state index contributed by atoms with van der Waals surface area (Å²) < 4.78 is 5.09. The Balaban J connectivity index is 3.04. The van der Waals surface area contributed by atoms with Crippen molar-refractivity contribution in [1.29, 1.82) is 0 Å². The number of methoxy groups -OCH3 is 1. The molecule has 0 aliphatic carbocycles. The topological polar surface area (TPSA) is 26.3 Å². The van der Waals surface area contributed by atoms with Gasteiger partial charge < -0.3 is 4.74 Å². The Morgan fingerprint density at radius 2 is 2.07 bits per heavy atom. The molecule has 2 heteroatoms. The summed E-state index contributed by atoms with van der Waals surface area (Å²) in [7, 11) is 1.68. The second kappa shape index (κ2) is 4.91. The summed E-state index contributed by atoms with van der Waals surface area (Å²) in [6.45, 7) is 4.28. The second-order valence-corrected chi connectivity index (χ2v) is 3.33. The van der Waals surface area contributed by atoms with E-state index in [0.29, 0.717) is 6.61 Å². The maximum Gasteiger partial charge on any atom is 0.159 e. The van der Waals surface area contributed by atoms with Crippen LogP contribution >= 0.6 is 0 Å². The van der Waals surface area contributed by atoms with Gasteiger partial charge in [0.25, 0.3) is 0 Å². The highest BCUT2D eigenvalue weighted by molar-refractivity contribution is 5.94. The number of carbonyl (C=O) groups excluding carboxylic acids is 1. The first kappa shape index (κ1) is 10.9. The lowest BCUT2D eigenvalue weighted by atomic mass is 10.0. The van der Waals surface area contributed by atoms with Crippen molar-refractivity contribution < 1.29 is 9.53 Å². The quantitative estimate of drug-likeness (QED) is 0.685. The minimum Gasteiger partial charge on any atom is -0.380 e. The van der Waals surface area contributed by atoms with Crippen molar-refractivity contribution in [3.63, 3.8) is 0 Å². The average molecular weight is 192 g/mol. The van der Waals surface area contributed by atoms with Gasteiger partial charge >= 0.3 is 0 Å². The van der Waals surface area contributed by atoms with E-state index in [2.05, 4.69) is 6.92 Å². The predicted octanol–water partition coefficient (Wildman–Crippen LogP) is 2.60. The monoisotopic (exact) mass is 192 g/mol. The summed E-state index contributed by atoms with van der Waals surface area (Å²) in [6.07, 6.45) is 0.930. The number of ketones is 1. The van der Waals surface area contributed by atoms with Crippen LogP contribution < -0.4 is 0 Å². The standard InChI is InChI=1S/C12H16O2/c1-4-10-7-11(9(2)13)5-6-12(10)8-14-3/h5-7H,4,8H2,1-3H3. The zero-order valence-corrected chi connectivity index (χ0v) is 8.96. The SMILES string of the molecule is CCc1cc(C(C)=O)ccc1COC. The predicted molar refractivity (Wildman–Crippen MR) is 56.5 cm³/mol. The number of aryl methyl sites for hydroxylation is 1. The fourth-order valence-electron chi connectivity index (χ4n) is 1.47. The molecule has 0 atom stereocenters. The van der Waals surface area contributed by atoms with Crippen LogP contribution in [0.25, 0.3) is 0 Å². The lowest BCUT2D eigenvalue weighted by Crippen LogP contribution is -1.99. The van der Waals surface area contributed by atoms with Crippen LogP contribution in [-0.2, 0) is 17.8 Å². The lowest BCUT2D eigenvalue weighted by molar-refractivity contribution is 0.101. The molecule has 1 aromatic rings. The molecular weight excluding hydrogens is 176 g/mol. The minimum atomic E-state index is 0.115. The third kappa shape index (κ3) is 2.42. The molecular formula is C12H16O2. The van der Waals surface area contributed by atoms with E-state index in [1.807, 2.05) is 18.2 Å². The molecule has 0 spiro atoms. The number of benzene rings is 1. The second-order valence-electron chi connectivity index (χ2n) is 3.33. The maximum atomic E-state index is 11.2. The van der Waals surface area contributed by atoms with Crippen molar-refractivity contribution >= 4 is 5.78 Å². The van der Waals surface area contributed by atoms with Crippen molar-refractivity contribution in [3.8, 4) is 0 Å². The first-order valence-corrected chi connectivity index (χ1v) is 4.80. The Bertz CT molecular complexity index is 329. The number of ether oxygens (including phenoxy) is 1. The number of rotatable bonds is 4. The number of carbonyl (C=O) groups is 1. The van der Waals surface area contributed by atoms with Crippen LogP contribution in [0.4, 0.5) is 0 Å². The van der Waals surface area contributed by atoms with Crippen LogP contribution in [-0.4, -0.2) is 12.9 Å². The van der Waals surface area contributed by atoms with Gasteiger partial charge in [-0.25, -0.2) is 0 Å². The summed E-state index contributed by atoms with van der Waals surface area (Å²) in [5.74, 6) is 0.115. The molecule has 0 radical (unpaired) electrons. The zero-order valence-electron chi connectivity index (χ0n) is 8.96. The molecule has 14 heavy (non-hydrogen) atoms. The molecule has 0 aliphatic heterocycles. The summed E-state index contributed by atoms with van der Waals surface area (Å²) in [6, 6.07) is 5.78. The molecule has 0 bridgehead atoms. The third-order valence-corrected chi connectivity index (χ3v) is 2.29. The van der Waals surface area contributed by atoms with Crippen molar-refractivity contribution in [2.45, 2.75) is 26.9 Å². The molecule has 1 aromatic carbocycles. The summed E-state index contributed by atoms with van der Waals surface area (Å²) in [5, 5.41) is 0. The molecule has 0 saturated carbocycles. The normalized spacial score (nSPS) is 10.2. The maximum absolute atomic E-state index is 11.2. The summed E-state index contributed by atoms with van der Waals surface area (Å²) in [5.41, 5.74) is 3.14. The van der Waals surface area contributed by atoms with E-state index in [1.54, 1.807) is 14.0 Å². The molecule has 0 heterocycles. The van der Waals surface area contributed by atoms with Gasteiger partial charge in [0.15, 0.2) is 5.78 Å². The number of hydrogen-bond acceptors (Lipinski definition) is 2. The van der Waals surface area contributed by atoms with Crippen LogP contribution in [0.1, 0.15) is 35.3 Å². The van der Waals surface area contributed by atoms with E-state index < -0.39 is 0 Å². The van der Waals surface area contributed by atoms with Crippen molar-refractivity contribution in [2.75, 3.05) is 7.11 Å². The lowest BCUT2D eigenvalue weighted by Gasteiger charge is -2.08. The van der Waals surface area contributed by atoms with Crippen LogP contribution in [0.5, 0.6) is 0 Å². The van der Waals surface area contributed by atoms with Crippen LogP contribution in [0.2, 0.25) is 0 Å². The number of hydrogen-bond donors (Lipinski definition) is 0. The number of Topliss-reactive ketones (excluding diaryl/α,β-unsaturated/α-hetero) is 1. The molecule has 0 aromatic heterocycles. The van der Waals surface area contributed by atoms with Gasteiger partial charge in [-0.3, -0.25) is 4.79 Å². The van der Waals surface area contributed by atoms with Crippen molar-refractivity contribution in [1.82, 2.24) is 0 Å². The highest BCUT2D eigenvalue weighted by Crippen LogP contribution is 2.14. The molecule has 1 rings (SSSR count). The minimum absolute atomic E-state index is 0.115. The van der Waals surface area contributed by atoms with E-state index in [4.69, 9.17) is 4.74 Å². The van der Waals surface area contributed by atoms with Crippen molar-refractivity contribution in [2.24, 2.45) is 0 Å². The van der Waals surface area contributed by atoms with Crippen LogP contribution in [0.3, 0.4) is 0 Å². The molecule has 2 nitrogen and oxygen atoms in total. The Morgan fingerprint density at radius 3 is 2.57 bits per heavy atom. The molecule has 76 valence electrons. The Labute approximate surface area is 84.9 Å². The van der Waals surface area contributed by atoms with Gasteiger partial charge in [0.1, 0.15) is 0 Å². The average Bonchev–Trinajstić information content (AvgIpc) is 2.18. The Morgan fingerprint density at radius 1 is 1.36 bits per heavy atom. The molecule has 0 aliphatic rings. The Kier molecular flexibility index (Phi) is 3.84. The molecule has 0 unspecified atom stereocenters. The largest absolute Gasteiger partial charge is 0.380 e. The summed E-state index contributed by atoms with van der Waals surface area (Å²) >= 11 is 0. The molecule has 0 amide bonds. The fraction of sp³-hybridized carbons (Fsp3) is 0.417.